The Morgan fingerprint density at radius 2 is 1.66 bits per heavy atom. The van der Waals surface area contributed by atoms with E-state index in [0.29, 0.717) is 15.8 Å². The van der Waals surface area contributed by atoms with Crippen LogP contribution in [0, 0.1) is 0 Å². The van der Waals surface area contributed by atoms with Crippen LogP contribution in [0.4, 0.5) is 0 Å². The Kier molecular flexibility index (Phi) is 7.18. The second kappa shape index (κ2) is 9.82. The van der Waals surface area contributed by atoms with E-state index in [1.807, 2.05) is 30.3 Å². The fourth-order valence-electron chi connectivity index (χ4n) is 2.48. The first-order chi connectivity index (χ1) is 14.0. The lowest BCUT2D eigenvalue weighted by Gasteiger charge is -2.13. The molecule has 0 atom stereocenters. The molecule has 0 fully saturated rings. The minimum Gasteiger partial charge on any atom is -0.483 e. The van der Waals surface area contributed by atoms with Crippen LogP contribution in [0.5, 0.6) is 5.75 Å². The summed E-state index contributed by atoms with van der Waals surface area (Å²) in [7, 11) is 0. The zero-order valence-electron chi connectivity index (χ0n) is 14.9. The SMILES string of the molecule is O=C(COc1ccc2ccccc2c1Br)NNC(=S)NC(=O)c1ccccc1Br. The lowest BCUT2D eigenvalue weighted by molar-refractivity contribution is -0.123. The number of hydrogen-bond donors (Lipinski definition) is 3. The monoisotopic (exact) mass is 535 g/mol. The highest BCUT2D eigenvalue weighted by molar-refractivity contribution is 9.11. The van der Waals surface area contributed by atoms with E-state index in [1.54, 1.807) is 30.3 Å². The van der Waals surface area contributed by atoms with Gasteiger partial charge in [0.15, 0.2) is 11.7 Å². The molecule has 2 amide bonds. The molecule has 6 nitrogen and oxygen atoms in total. The largest absolute Gasteiger partial charge is 0.483 e. The highest BCUT2D eigenvalue weighted by atomic mass is 79.9. The molecule has 0 radical (unpaired) electrons. The number of halogens is 2. The van der Waals surface area contributed by atoms with Crippen LogP contribution in [0.3, 0.4) is 0 Å². The normalized spacial score (nSPS) is 10.3. The van der Waals surface area contributed by atoms with Crippen molar-refractivity contribution in [2.75, 3.05) is 6.61 Å². The number of benzene rings is 3. The van der Waals surface area contributed by atoms with Gasteiger partial charge in [0.2, 0.25) is 0 Å². The first kappa shape index (κ1) is 21.2. The van der Waals surface area contributed by atoms with Crippen molar-refractivity contribution < 1.29 is 14.3 Å². The number of hydrazine groups is 1. The summed E-state index contributed by atoms with van der Waals surface area (Å²) >= 11 is 11.8. The molecule has 0 spiro atoms. The Hall–Kier alpha value is -2.49. The molecule has 0 aromatic heterocycles. The smallest absolute Gasteiger partial charge is 0.276 e. The molecule has 29 heavy (non-hydrogen) atoms. The van der Waals surface area contributed by atoms with Gasteiger partial charge in [-0.2, -0.15) is 0 Å². The maximum atomic E-state index is 12.2. The van der Waals surface area contributed by atoms with Crippen molar-refractivity contribution in [2.24, 2.45) is 0 Å². The average molecular weight is 537 g/mol. The summed E-state index contributed by atoms with van der Waals surface area (Å²) in [6.07, 6.45) is 0. The van der Waals surface area contributed by atoms with Gasteiger partial charge in [-0.3, -0.25) is 25.8 Å². The molecule has 3 aromatic rings. The molecule has 0 bridgehead atoms. The maximum Gasteiger partial charge on any atom is 0.276 e. The maximum absolute atomic E-state index is 12.2. The van der Waals surface area contributed by atoms with E-state index in [0.717, 1.165) is 15.2 Å². The van der Waals surface area contributed by atoms with Gasteiger partial charge in [-0.25, -0.2) is 0 Å². The molecule has 3 N–H and O–H groups in total. The van der Waals surface area contributed by atoms with Crippen molar-refractivity contribution in [2.45, 2.75) is 0 Å². The van der Waals surface area contributed by atoms with Crippen molar-refractivity contribution in [3.05, 3.63) is 75.2 Å². The quantitative estimate of drug-likeness (QED) is 0.346. The van der Waals surface area contributed by atoms with E-state index >= 15 is 0 Å². The van der Waals surface area contributed by atoms with Crippen LogP contribution in [0.15, 0.2) is 69.6 Å². The van der Waals surface area contributed by atoms with Crippen LogP contribution in [-0.2, 0) is 4.79 Å². The van der Waals surface area contributed by atoms with Crippen molar-refractivity contribution in [1.82, 2.24) is 16.2 Å². The van der Waals surface area contributed by atoms with Gasteiger partial charge in [0.05, 0.1) is 10.0 Å². The number of nitrogens with one attached hydrogen (secondary N) is 3. The minimum atomic E-state index is -0.456. The average Bonchev–Trinajstić information content (AvgIpc) is 2.72. The third kappa shape index (κ3) is 5.53. The number of ether oxygens (including phenoxy) is 1. The highest BCUT2D eigenvalue weighted by Crippen LogP contribution is 2.32. The second-order valence-corrected chi connectivity index (χ2v) is 7.88. The number of carbonyl (C=O) groups is 2. The van der Waals surface area contributed by atoms with Crippen molar-refractivity contribution in [1.29, 1.82) is 0 Å². The molecule has 9 heteroatoms. The van der Waals surface area contributed by atoms with Gasteiger partial charge in [-0.05, 0) is 73.0 Å². The molecule has 148 valence electrons. The Morgan fingerprint density at radius 1 is 0.931 bits per heavy atom. The first-order valence-electron chi connectivity index (χ1n) is 8.40. The van der Waals surface area contributed by atoms with Crippen molar-refractivity contribution >= 4 is 71.8 Å². The Morgan fingerprint density at radius 3 is 2.45 bits per heavy atom. The van der Waals surface area contributed by atoms with Gasteiger partial charge >= 0.3 is 0 Å². The van der Waals surface area contributed by atoms with Gasteiger partial charge < -0.3 is 4.74 Å². The van der Waals surface area contributed by atoms with Crippen LogP contribution < -0.4 is 20.9 Å². The predicted octanol–water partition coefficient (Wildman–Crippen LogP) is 4.08. The summed E-state index contributed by atoms with van der Waals surface area (Å²) in [5, 5.41) is 4.49. The van der Waals surface area contributed by atoms with E-state index in [4.69, 9.17) is 17.0 Å². The first-order valence-corrected chi connectivity index (χ1v) is 10.4. The van der Waals surface area contributed by atoms with E-state index < -0.39 is 11.8 Å². The molecule has 3 rings (SSSR count). The fraction of sp³-hybridized carbons (Fsp3) is 0.0500. The van der Waals surface area contributed by atoms with Gasteiger partial charge in [0, 0.05) is 4.47 Å². The third-order valence-electron chi connectivity index (χ3n) is 3.85. The predicted molar refractivity (Wildman–Crippen MR) is 123 cm³/mol. The number of hydrogen-bond acceptors (Lipinski definition) is 4. The van der Waals surface area contributed by atoms with E-state index in [9.17, 15) is 9.59 Å². The number of rotatable bonds is 4. The van der Waals surface area contributed by atoms with Gasteiger partial charge in [0.1, 0.15) is 5.75 Å². The fourth-order valence-corrected chi connectivity index (χ4v) is 3.69. The Bertz CT molecular complexity index is 1090. The zero-order valence-corrected chi connectivity index (χ0v) is 18.9. The summed E-state index contributed by atoms with van der Waals surface area (Å²) in [4.78, 5) is 24.2. The van der Waals surface area contributed by atoms with Crippen molar-refractivity contribution in [3.8, 4) is 5.75 Å². The van der Waals surface area contributed by atoms with Crippen LogP contribution in [-0.4, -0.2) is 23.5 Å². The third-order valence-corrected chi connectivity index (χ3v) is 5.56. The summed E-state index contributed by atoms with van der Waals surface area (Å²) < 4.78 is 6.98. The zero-order chi connectivity index (χ0) is 20.8. The molecule has 0 aliphatic heterocycles. The Balaban J connectivity index is 1.49. The summed E-state index contributed by atoms with van der Waals surface area (Å²) in [6, 6.07) is 18.5. The number of thiocarbonyl (C=S) groups is 1. The molecular weight excluding hydrogens is 522 g/mol. The molecule has 0 unspecified atom stereocenters. The molecular formula is C20H15Br2N3O3S. The van der Waals surface area contributed by atoms with Gasteiger partial charge in [-0.15, -0.1) is 0 Å². The number of carbonyl (C=O) groups excluding carboxylic acids is 2. The molecule has 0 saturated carbocycles. The second-order valence-electron chi connectivity index (χ2n) is 5.82. The molecule has 0 heterocycles. The van der Waals surface area contributed by atoms with Gasteiger partial charge in [0.25, 0.3) is 11.8 Å². The molecule has 0 saturated heterocycles. The standard InChI is InChI=1S/C20H15Br2N3O3S/c21-15-8-4-3-7-14(15)19(27)23-20(29)25-24-17(26)11-28-16-10-9-12-5-1-2-6-13(12)18(16)22/h1-10H,11H2,(H,24,26)(H2,23,25,27,29). The topological polar surface area (TPSA) is 79.5 Å². The lowest BCUT2D eigenvalue weighted by atomic mass is 10.1. The molecule has 0 aliphatic carbocycles. The number of amides is 2. The van der Waals surface area contributed by atoms with E-state index in [2.05, 4.69) is 48.0 Å². The van der Waals surface area contributed by atoms with Crippen LogP contribution >= 0.6 is 44.1 Å². The summed E-state index contributed by atoms with van der Waals surface area (Å²) in [6.45, 7) is -0.231. The van der Waals surface area contributed by atoms with E-state index in [1.165, 1.54) is 0 Å². The minimum absolute atomic E-state index is 0.0361. The highest BCUT2D eigenvalue weighted by Gasteiger charge is 2.12. The van der Waals surface area contributed by atoms with Crippen LogP contribution in [0.1, 0.15) is 10.4 Å². The van der Waals surface area contributed by atoms with Gasteiger partial charge in [-0.1, -0.05) is 42.5 Å². The van der Waals surface area contributed by atoms with Crippen LogP contribution in [0.2, 0.25) is 0 Å². The van der Waals surface area contributed by atoms with Crippen molar-refractivity contribution in [3.63, 3.8) is 0 Å². The lowest BCUT2D eigenvalue weighted by Crippen LogP contribution is -2.49. The Labute approximate surface area is 189 Å². The molecule has 0 aliphatic rings. The summed E-state index contributed by atoms with van der Waals surface area (Å²) in [5.41, 5.74) is 5.28. The van der Waals surface area contributed by atoms with Crippen LogP contribution in [0.25, 0.3) is 10.8 Å². The number of fused-ring (bicyclic) bond motifs is 1. The molecule has 3 aromatic carbocycles. The van der Waals surface area contributed by atoms with E-state index in [-0.39, 0.29) is 11.7 Å². The summed E-state index contributed by atoms with van der Waals surface area (Å²) in [5.74, 6) is -0.313.